The number of nitrogens with zero attached hydrogens (tertiary/aromatic N) is 1. The molecule has 11 aliphatic rings. The van der Waals surface area contributed by atoms with Crippen molar-refractivity contribution < 1.29 is 44.5 Å². The van der Waals surface area contributed by atoms with E-state index in [2.05, 4.69) is 81.9 Å². The van der Waals surface area contributed by atoms with E-state index in [1.165, 1.54) is 54.4 Å². The minimum Gasteiger partial charge on any atom is -0.508 e. The first kappa shape index (κ1) is 56.4. The summed E-state index contributed by atoms with van der Waals surface area (Å²) in [7, 11) is 1.77. The number of dihydropyridines is 1. The first-order valence-corrected chi connectivity index (χ1v) is 33.2. The number of methoxy groups -OCH3 is 1. The van der Waals surface area contributed by atoms with Crippen molar-refractivity contribution in [1.82, 2.24) is 15.2 Å². The van der Waals surface area contributed by atoms with Crippen LogP contribution >= 0.6 is 0 Å². The summed E-state index contributed by atoms with van der Waals surface area (Å²) in [5, 5.41) is 66.7. The number of piperidine rings is 1. The van der Waals surface area contributed by atoms with Crippen molar-refractivity contribution in [2.45, 2.75) is 171 Å². The van der Waals surface area contributed by atoms with Gasteiger partial charge in [0.2, 0.25) is 0 Å². The van der Waals surface area contributed by atoms with Crippen molar-refractivity contribution in [2.75, 3.05) is 20.3 Å². The standard InChI is InChI=1S/C76H83N3O9/c1-85-69-27-25-62-60-23-16-44(14-15-45-17-26-66(82)51(29-45)30-46-8-4-12-58(81)31-46)7-5-13-59-37-67(83)48-20-24-61-63(35-48)53(40-80)36-68(84)71(61)87-41-54-34-57(33-52-38-79(39-64(52)54)74(65(60)43-86-59)78-73(62)77-69)76-56-22-18-47-9-6-10-49(70(47)76)32-50-19-21-55-11-2-3-28-75(55,72(50)76)88-42-56/h4,6,8-10,12,17,20,24,26,29,31,33-34,36,38-39,44,48,50,55-56,59,67,69,72-73,77-78,80-84H,2-3,5,7,11,13-15,18-19,21-22,25,27-28,30,32,35,37,40-43H2,1H3/t44-,48+,50+,55+,56+,59+,67+,69+,72-,73?,75-,76+/m1/s1. The highest BCUT2D eigenvalue weighted by molar-refractivity contribution is 5.89. The van der Waals surface area contributed by atoms with Gasteiger partial charge in [0.1, 0.15) is 36.3 Å². The zero-order chi connectivity index (χ0) is 59.4. The number of aromatic hydroxyl groups is 3. The number of nitrogens with one attached hydrogen (secondary N) is 2. The maximum Gasteiger partial charge on any atom is 0.168 e. The number of hydrogen-bond acceptors (Lipinski definition) is 11. The lowest BCUT2D eigenvalue weighted by Gasteiger charge is -2.69. The number of ether oxygens (including phenoxy) is 4. The minimum absolute atomic E-state index is 0.00803. The molecule has 1 unspecified atom stereocenters. The average molecular weight is 1180 g/mol. The molecule has 12 nitrogen and oxygen atoms in total. The number of rotatable bonds is 8. The van der Waals surface area contributed by atoms with E-state index >= 15 is 0 Å². The molecule has 8 bridgehead atoms. The SMILES string of the molecule is CO[C@H]1CCC2=C3C#C[C@@H](CCc4ccc(O)c(Cc5cccc(O)c5)c4)CCC[C@H]4C[C@H](O)[C@H]5C=Cc6c(c(CO)cc(O)c6OCc6cc([C@]78c9c%10cccc9C[C@@H]9CC[C@@H]%11CCCC[C@]%11(OC[C@@H]7CC%10)[C@@H]98)cc7cn(cc67)C(=C3CO4)NC2N1)C5. The molecule has 7 heterocycles. The van der Waals surface area contributed by atoms with Crippen LogP contribution in [0.15, 0.2) is 114 Å². The molecule has 1 spiro atoms. The van der Waals surface area contributed by atoms with E-state index in [-0.39, 0.29) is 78.4 Å². The van der Waals surface area contributed by atoms with Crippen molar-refractivity contribution in [1.29, 1.82) is 0 Å². The number of aliphatic hydroxyl groups excluding tert-OH is 2. The number of aromatic nitrogens is 1. The summed E-state index contributed by atoms with van der Waals surface area (Å²) >= 11 is 0. The summed E-state index contributed by atoms with van der Waals surface area (Å²) in [5.74, 6) is 11.0. The lowest BCUT2D eigenvalue weighted by molar-refractivity contribution is -0.247. The van der Waals surface area contributed by atoms with Crippen LogP contribution < -0.4 is 15.4 Å². The fraction of sp³-hybridized carbons (Fsp3) is 0.474. The highest BCUT2D eigenvalue weighted by Gasteiger charge is 2.69. The number of aryl methyl sites for hydroxylation is 2. The van der Waals surface area contributed by atoms with Crippen LogP contribution in [0, 0.1) is 47.3 Å². The molecule has 12 heteroatoms. The van der Waals surface area contributed by atoms with Crippen molar-refractivity contribution in [3.8, 4) is 34.8 Å². The second kappa shape index (κ2) is 22.6. The number of fused-ring (bicyclic) bond motifs is 3. The lowest BCUT2D eigenvalue weighted by atomic mass is 9.39. The molecular weight excluding hydrogens is 1100 g/mol. The lowest BCUT2D eigenvalue weighted by Crippen LogP contribution is -2.70. The summed E-state index contributed by atoms with van der Waals surface area (Å²) < 4.78 is 30.3. The Bertz CT molecular complexity index is 3920. The van der Waals surface area contributed by atoms with Gasteiger partial charge in [-0.25, -0.2) is 0 Å². The van der Waals surface area contributed by atoms with E-state index in [0.29, 0.717) is 54.2 Å². The summed E-state index contributed by atoms with van der Waals surface area (Å²) in [6.45, 7) is 0.974. The predicted octanol–water partition coefficient (Wildman–Crippen LogP) is 12.3. The zero-order valence-corrected chi connectivity index (χ0v) is 50.7. The molecular formula is C76H83N3O9. The molecule has 4 fully saturated rings. The van der Waals surface area contributed by atoms with Gasteiger partial charge in [0.15, 0.2) is 11.5 Å². The summed E-state index contributed by atoms with van der Waals surface area (Å²) in [5.41, 5.74) is 14.8. The Morgan fingerprint density at radius 3 is 2.61 bits per heavy atom. The Balaban J connectivity index is 0.871. The molecule has 456 valence electrons. The van der Waals surface area contributed by atoms with Crippen molar-refractivity contribution in [2.24, 2.45) is 35.5 Å². The molecule has 6 aliphatic heterocycles. The highest BCUT2D eigenvalue weighted by Crippen LogP contribution is 2.69. The molecule has 2 saturated heterocycles. The summed E-state index contributed by atoms with van der Waals surface area (Å²) in [6.07, 6.45) is 24.7. The van der Waals surface area contributed by atoms with Gasteiger partial charge in [-0.05, 0) is 206 Å². The Morgan fingerprint density at radius 2 is 1.72 bits per heavy atom. The molecule has 1 aromatic heterocycles. The van der Waals surface area contributed by atoms with E-state index in [4.69, 9.17) is 18.9 Å². The molecule has 12 atom stereocenters. The number of benzene rings is 5. The van der Waals surface area contributed by atoms with Gasteiger partial charge < -0.3 is 54.4 Å². The first-order chi connectivity index (χ1) is 43.0. The quantitative estimate of drug-likeness (QED) is 0.0725. The number of hydrogen-bond donors (Lipinski definition) is 7. The largest absolute Gasteiger partial charge is 0.508 e. The summed E-state index contributed by atoms with van der Waals surface area (Å²) in [4.78, 5) is 0. The van der Waals surface area contributed by atoms with Crippen molar-refractivity contribution >= 4 is 22.7 Å². The third-order valence-corrected chi connectivity index (χ3v) is 23.1. The molecule has 5 aromatic carbocycles. The number of phenols is 3. The average Bonchev–Trinajstić information content (AvgIpc) is 0.745. The van der Waals surface area contributed by atoms with E-state index in [0.717, 1.165) is 138 Å². The topological polar surface area (TPSA) is 167 Å². The maximum absolute atomic E-state index is 12.5. The van der Waals surface area contributed by atoms with Crippen LogP contribution in [0.3, 0.4) is 0 Å². The second-order valence-corrected chi connectivity index (χ2v) is 27.8. The highest BCUT2D eigenvalue weighted by atomic mass is 16.5. The first-order valence-electron chi connectivity index (χ1n) is 33.2. The van der Waals surface area contributed by atoms with Crippen LogP contribution in [-0.4, -0.2) is 80.6 Å². The molecule has 6 aromatic rings. The molecule has 7 N–H and O–H groups in total. The molecule has 0 radical (unpaired) electrons. The Kier molecular flexibility index (Phi) is 14.5. The maximum atomic E-state index is 12.5. The zero-order valence-electron chi connectivity index (χ0n) is 50.7. The second-order valence-electron chi connectivity index (χ2n) is 27.8. The van der Waals surface area contributed by atoms with Gasteiger partial charge in [-0.2, -0.15) is 0 Å². The normalized spacial score (nSPS) is 31.1. The molecule has 0 amide bonds. The van der Waals surface area contributed by atoms with Crippen LogP contribution in [-0.2, 0) is 64.9 Å². The number of aliphatic hydroxyl groups is 2. The minimum atomic E-state index is -0.757. The Morgan fingerprint density at radius 1 is 0.807 bits per heavy atom. The Hall–Kier alpha value is -6.82. The van der Waals surface area contributed by atoms with Crippen LogP contribution in [0.5, 0.6) is 23.0 Å². The van der Waals surface area contributed by atoms with Crippen LogP contribution in [0.4, 0.5) is 0 Å². The Labute approximate surface area is 516 Å². The molecule has 5 aliphatic carbocycles. The monoisotopic (exact) mass is 1180 g/mol. The van der Waals surface area contributed by atoms with Crippen LogP contribution in [0.25, 0.3) is 22.7 Å². The van der Waals surface area contributed by atoms with E-state index in [9.17, 15) is 25.5 Å². The van der Waals surface area contributed by atoms with E-state index < -0.39 is 6.10 Å². The van der Waals surface area contributed by atoms with E-state index in [1.807, 2.05) is 24.3 Å². The van der Waals surface area contributed by atoms with E-state index in [1.54, 1.807) is 36.9 Å². The van der Waals surface area contributed by atoms with Gasteiger partial charge in [-0.1, -0.05) is 85.4 Å². The van der Waals surface area contributed by atoms with Gasteiger partial charge in [0.05, 0.1) is 37.6 Å². The van der Waals surface area contributed by atoms with Gasteiger partial charge in [-0.15, -0.1) is 0 Å². The smallest absolute Gasteiger partial charge is 0.168 e. The molecule has 2 saturated carbocycles. The predicted molar refractivity (Wildman–Crippen MR) is 339 cm³/mol. The van der Waals surface area contributed by atoms with Crippen LogP contribution in [0.2, 0.25) is 0 Å². The van der Waals surface area contributed by atoms with Gasteiger partial charge >= 0.3 is 0 Å². The molecule has 88 heavy (non-hydrogen) atoms. The fourth-order valence-corrected chi connectivity index (χ4v) is 19.1. The van der Waals surface area contributed by atoms with Gasteiger partial charge in [-0.3, -0.25) is 5.32 Å². The molecule has 17 rings (SSSR count). The third kappa shape index (κ3) is 9.46. The van der Waals surface area contributed by atoms with Gasteiger partial charge in [0, 0.05) is 83.0 Å². The third-order valence-electron chi connectivity index (χ3n) is 23.1. The fourth-order valence-electron chi connectivity index (χ4n) is 19.1. The summed E-state index contributed by atoms with van der Waals surface area (Å²) in [6, 6.07) is 27.1. The van der Waals surface area contributed by atoms with Crippen LogP contribution in [0.1, 0.15) is 151 Å². The van der Waals surface area contributed by atoms with Gasteiger partial charge in [0.25, 0.3) is 0 Å². The number of phenolic OH excluding ortho intramolecular Hbond substituents is 3. The van der Waals surface area contributed by atoms with Crippen molar-refractivity contribution in [3.05, 3.63) is 175 Å². The van der Waals surface area contributed by atoms with Crippen molar-refractivity contribution in [3.63, 3.8) is 0 Å².